The van der Waals surface area contributed by atoms with Crippen LogP contribution in [0.1, 0.15) is 30.5 Å². The monoisotopic (exact) mass is 399 g/mol. The van der Waals surface area contributed by atoms with E-state index in [0.717, 1.165) is 9.58 Å². The Morgan fingerprint density at radius 3 is 2.62 bits per heavy atom. The molecule has 2 N–H and O–H groups in total. The summed E-state index contributed by atoms with van der Waals surface area (Å²) in [6, 6.07) is 4.99. The van der Waals surface area contributed by atoms with Gasteiger partial charge in [0.1, 0.15) is 5.56 Å². The second kappa shape index (κ2) is 7.54. The lowest BCUT2D eigenvalue weighted by atomic mass is 9.99. The molecule has 1 aromatic heterocycles. The van der Waals surface area contributed by atoms with Crippen LogP contribution in [0.3, 0.4) is 0 Å². The lowest BCUT2D eigenvalue weighted by molar-refractivity contribution is -0.384. The van der Waals surface area contributed by atoms with E-state index in [4.69, 9.17) is 0 Å². The van der Waals surface area contributed by atoms with Crippen LogP contribution in [0.4, 0.5) is 5.69 Å². The van der Waals surface area contributed by atoms with Crippen LogP contribution in [0.15, 0.2) is 51.6 Å². The molecule has 0 fully saturated rings. The molecule has 3 rings (SSSR count). The van der Waals surface area contributed by atoms with Crippen molar-refractivity contribution in [2.24, 2.45) is 5.10 Å². The molecule has 1 aliphatic rings. The van der Waals surface area contributed by atoms with E-state index in [9.17, 15) is 29.6 Å². The van der Waals surface area contributed by atoms with Crippen LogP contribution in [0.25, 0.3) is 0 Å². The van der Waals surface area contributed by atoms with E-state index in [1.54, 1.807) is 0 Å². The van der Waals surface area contributed by atoms with Crippen LogP contribution in [0.5, 0.6) is 5.88 Å². The Morgan fingerprint density at radius 1 is 1.41 bits per heavy atom. The highest BCUT2D eigenvalue weighted by Gasteiger charge is 2.34. The summed E-state index contributed by atoms with van der Waals surface area (Å²) < 4.78 is 0.920. The molecule has 0 saturated carbocycles. The highest BCUT2D eigenvalue weighted by Crippen LogP contribution is 2.34. The molecule has 0 unspecified atom stereocenters. The van der Waals surface area contributed by atoms with Crippen molar-refractivity contribution in [3.63, 3.8) is 0 Å². The summed E-state index contributed by atoms with van der Waals surface area (Å²) >= 11 is 0. The Bertz CT molecular complexity index is 1140. The third-order valence-electron chi connectivity index (χ3n) is 4.49. The van der Waals surface area contributed by atoms with Crippen LogP contribution in [-0.4, -0.2) is 36.2 Å². The van der Waals surface area contributed by atoms with Gasteiger partial charge in [-0.3, -0.25) is 29.3 Å². The molecule has 1 amide bonds. The average Bonchev–Trinajstić information content (AvgIpc) is 3.10. The molecule has 11 nitrogen and oxygen atoms in total. The minimum Gasteiger partial charge on any atom is -0.494 e. The number of nitrogens with one attached hydrogen (secondary N) is 1. The number of hydrogen-bond acceptors (Lipinski definition) is 7. The zero-order chi connectivity index (χ0) is 21.3. The van der Waals surface area contributed by atoms with E-state index in [2.05, 4.69) is 16.7 Å². The first kappa shape index (κ1) is 19.7. The number of hydrazone groups is 1. The fourth-order valence-corrected chi connectivity index (χ4v) is 3.15. The Labute approximate surface area is 163 Å². The summed E-state index contributed by atoms with van der Waals surface area (Å²) in [5.41, 5.74) is -1.28. The molecule has 1 aromatic carbocycles. The van der Waals surface area contributed by atoms with Gasteiger partial charge in [-0.25, -0.2) is 9.80 Å². The number of carbonyl (C=O) groups is 1. The third-order valence-corrected chi connectivity index (χ3v) is 4.49. The minimum atomic E-state index is -0.834. The number of nitro groups is 1. The fourth-order valence-electron chi connectivity index (χ4n) is 3.15. The van der Waals surface area contributed by atoms with Gasteiger partial charge in [-0.1, -0.05) is 18.2 Å². The van der Waals surface area contributed by atoms with Crippen LogP contribution in [0, 0.1) is 10.1 Å². The number of allylic oxidation sites excluding steroid dienone is 1. The van der Waals surface area contributed by atoms with Crippen LogP contribution < -0.4 is 11.2 Å². The summed E-state index contributed by atoms with van der Waals surface area (Å²) in [6.07, 6.45) is 1.45. The van der Waals surface area contributed by atoms with Crippen molar-refractivity contribution >= 4 is 17.3 Å². The van der Waals surface area contributed by atoms with Gasteiger partial charge in [0.05, 0.1) is 16.7 Å². The van der Waals surface area contributed by atoms with Gasteiger partial charge in [0.25, 0.3) is 11.2 Å². The average molecular weight is 399 g/mol. The lowest BCUT2D eigenvalue weighted by Gasteiger charge is -2.20. The number of benzene rings is 1. The van der Waals surface area contributed by atoms with Crippen molar-refractivity contribution in [1.82, 2.24) is 14.6 Å². The van der Waals surface area contributed by atoms with Crippen LogP contribution in [0.2, 0.25) is 0 Å². The fraction of sp³-hybridized carbons (Fsp3) is 0.222. The van der Waals surface area contributed by atoms with Gasteiger partial charge >= 0.3 is 5.69 Å². The van der Waals surface area contributed by atoms with E-state index in [-0.39, 0.29) is 29.9 Å². The van der Waals surface area contributed by atoms with E-state index >= 15 is 0 Å². The van der Waals surface area contributed by atoms with Gasteiger partial charge in [0.15, 0.2) is 0 Å². The van der Waals surface area contributed by atoms with Gasteiger partial charge in [0, 0.05) is 32.0 Å². The topological polar surface area (TPSA) is 151 Å². The molecule has 0 aliphatic carbocycles. The SMILES string of the molecule is C=CCn1c(O)c(C2=NN(C(C)=O)[C@H](c3ccc([N+](=O)[O-])cc3)C2)c(=O)[nH]c1=O. The predicted octanol–water partition coefficient (Wildman–Crippen LogP) is 1.03. The Kier molecular flexibility index (Phi) is 5.13. The molecule has 1 atom stereocenters. The van der Waals surface area contributed by atoms with Gasteiger partial charge in [-0.2, -0.15) is 5.10 Å². The third kappa shape index (κ3) is 3.57. The second-order valence-corrected chi connectivity index (χ2v) is 6.34. The molecular formula is C18H17N5O6. The zero-order valence-electron chi connectivity index (χ0n) is 15.4. The normalized spacial score (nSPS) is 15.8. The maximum atomic E-state index is 12.3. The molecule has 0 bridgehead atoms. The first-order valence-corrected chi connectivity index (χ1v) is 8.53. The first-order chi connectivity index (χ1) is 13.7. The van der Waals surface area contributed by atoms with E-state index in [1.807, 2.05) is 0 Å². The highest BCUT2D eigenvalue weighted by molar-refractivity contribution is 6.04. The number of H-pyrrole nitrogens is 1. The van der Waals surface area contributed by atoms with Crippen molar-refractivity contribution in [3.05, 3.63) is 79.0 Å². The number of rotatable bonds is 5. The number of non-ortho nitro benzene ring substituents is 1. The van der Waals surface area contributed by atoms with Crippen LogP contribution >= 0.6 is 0 Å². The van der Waals surface area contributed by atoms with E-state index < -0.39 is 34.0 Å². The summed E-state index contributed by atoms with van der Waals surface area (Å²) in [6.45, 7) is 4.75. The Balaban J connectivity index is 2.06. The molecule has 11 heteroatoms. The molecule has 29 heavy (non-hydrogen) atoms. The molecule has 0 saturated heterocycles. The number of nitrogens with zero attached hydrogens (tertiary/aromatic N) is 4. The van der Waals surface area contributed by atoms with E-state index in [1.165, 1.54) is 37.3 Å². The van der Waals surface area contributed by atoms with Crippen LogP contribution in [-0.2, 0) is 11.3 Å². The predicted molar refractivity (Wildman–Crippen MR) is 103 cm³/mol. The number of aromatic hydroxyl groups is 1. The summed E-state index contributed by atoms with van der Waals surface area (Å²) in [4.78, 5) is 48.7. The molecule has 2 heterocycles. The van der Waals surface area contributed by atoms with Crippen molar-refractivity contribution in [3.8, 4) is 5.88 Å². The number of carbonyl (C=O) groups excluding carboxylic acids is 1. The summed E-state index contributed by atoms with van der Waals surface area (Å²) in [5.74, 6) is -0.996. The number of hydrogen-bond donors (Lipinski definition) is 2. The molecular weight excluding hydrogens is 382 g/mol. The lowest BCUT2D eigenvalue weighted by Crippen LogP contribution is -2.33. The minimum absolute atomic E-state index is 0.0378. The van der Waals surface area contributed by atoms with Gasteiger partial charge in [-0.05, 0) is 5.56 Å². The molecule has 2 aromatic rings. The summed E-state index contributed by atoms with van der Waals surface area (Å²) in [5, 5.41) is 26.6. The van der Waals surface area contributed by atoms with Crippen molar-refractivity contribution in [2.75, 3.05) is 0 Å². The number of aromatic nitrogens is 2. The van der Waals surface area contributed by atoms with Gasteiger partial charge in [0.2, 0.25) is 11.8 Å². The zero-order valence-corrected chi connectivity index (χ0v) is 15.4. The smallest absolute Gasteiger partial charge is 0.331 e. The molecule has 0 spiro atoms. The first-order valence-electron chi connectivity index (χ1n) is 8.53. The van der Waals surface area contributed by atoms with E-state index in [0.29, 0.717) is 5.56 Å². The number of amides is 1. The second-order valence-electron chi connectivity index (χ2n) is 6.34. The Morgan fingerprint density at radius 2 is 2.07 bits per heavy atom. The van der Waals surface area contributed by atoms with Crippen molar-refractivity contribution in [2.45, 2.75) is 25.9 Å². The van der Waals surface area contributed by atoms with Crippen molar-refractivity contribution in [1.29, 1.82) is 0 Å². The number of aromatic amines is 1. The molecule has 1 aliphatic heterocycles. The molecule has 0 radical (unpaired) electrons. The standard InChI is InChI=1S/C18H17N5O6/c1-3-8-21-17(26)15(16(25)19-18(21)27)13-9-14(22(20-13)10(2)24)11-4-6-12(7-5-11)23(28)29/h3-7,14,26H,1,8-9H2,2H3,(H,19,25,27)/t14-/m0/s1. The maximum Gasteiger partial charge on any atom is 0.331 e. The quantitative estimate of drug-likeness (QED) is 0.435. The maximum absolute atomic E-state index is 12.3. The highest BCUT2D eigenvalue weighted by atomic mass is 16.6. The largest absolute Gasteiger partial charge is 0.494 e. The number of nitro benzene ring substituents is 1. The van der Waals surface area contributed by atoms with Crippen molar-refractivity contribution < 1.29 is 14.8 Å². The summed E-state index contributed by atoms with van der Waals surface area (Å²) in [7, 11) is 0. The van der Waals surface area contributed by atoms with Gasteiger partial charge in [-0.15, -0.1) is 6.58 Å². The molecule has 150 valence electrons. The Hall–Kier alpha value is -4.02. The van der Waals surface area contributed by atoms with Gasteiger partial charge < -0.3 is 5.11 Å².